The van der Waals surface area contributed by atoms with Gasteiger partial charge in [-0.25, -0.2) is 17.5 Å². The summed E-state index contributed by atoms with van der Waals surface area (Å²) in [5.74, 6) is -1.43. The van der Waals surface area contributed by atoms with E-state index in [9.17, 15) is 27.2 Å². The molecule has 8 nitrogen and oxygen atoms in total. The topological polar surface area (TPSA) is 113 Å². The van der Waals surface area contributed by atoms with Gasteiger partial charge < -0.3 is 5.32 Å². The van der Waals surface area contributed by atoms with Crippen molar-refractivity contribution in [2.75, 3.05) is 19.6 Å². The van der Waals surface area contributed by atoms with E-state index in [0.717, 1.165) is 46.5 Å². The lowest BCUT2D eigenvalue weighted by atomic mass is 10.2. The van der Waals surface area contributed by atoms with Crippen molar-refractivity contribution in [2.24, 2.45) is 0 Å². The Bertz CT molecular complexity index is 1140. The summed E-state index contributed by atoms with van der Waals surface area (Å²) < 4.78 is 39.4. The van der Waals surface area contributed by atoms with Crippen LogP contribution in [0.5, 0.6) is 0 Å². The molecular formula is C21H20FN3O5S2. The summed E-state index contributed by atoms with van der Waals surface area (Å²) in [7, 11) is -3.86. The number of hydrogen-bond donors (Lipinski definition) is 2. The fraction of sp³-hybridized carbons (Fsp3) is 0.190. The predicted molar refractivity (Wildman–Crippen MR) is 118 cm³/mol. The van der Waals surface area contributed by atoms with E-state index in [2.05, 4.69) is 10.0 Å². The highest BCUT2D eigenvalue weighted by Gasteiger charge is 2.34. The molecule has 1 aliphatic rings. The lowest BCUT2D eigenvalue weighted by molar-refractivity contribution is -0.124. The maximum Gasteiger partial charge on any atom is 0.293 e. The molecule has 0 radical (unpaired) electrons. The normalized spacial score (nSPS) is 15.4. The molecule has 3 rings (SSSR count). The largest absolute Gasteiger partial charge is 0.354 e. The zero-order valence-electron chi connectivity index (χ0n) is 16.8. The molecule has 0 spiro atoms. The minimum Gasteiger partial charge on any atom is -0.354 e. The third kappa shape index (κ3) is 6.25. The Morgan fingerprint density at radius 3 is 2.41 bits per heavy atom. The van der Waals surface area contributed by atoms with Crippen molar-refractivity contribution in [3.8, 4) is 0 Å². The molecule has 3 amide bonds. The van der Waals surface area contributed by atoms with Crippen LogP contribution in [0, 0.1) is 5.82 Å². The summed E-state index contributed by atoms with van der Waals surface area (Å²) in [4.78, 5) is 37.8. The third-order valence-electron chi connectivity index (χ3n) is 4.40. The summed E-state index contributed by atoms with van der Waals surface area (Å²) in [6, 6.07) is 13.4. The molecule has 11 heteroatoms. The van der Waals surface area contributed by atoms with Crippen LogP contribution in [0.15, 0.2) is 64.4 Å². The molecule has 1 heterocycles. The molecule has 1 saturated heterocycles. The number of carbonyl (C=O) groups is 3. The zero-order valence-corrected chi connectivity index (χ0v) is 18.4. The van der Waals surface area contributed by atoms with Crippen molar-refractivity contribution in [3.63, 3.8) is 0 Å². The van der Waals surface area contributed by atoms with Gasteiger partial charge in [-0.05, 0) is 47.7 Å². The number of nitrogens with one attached hydrogen (secondary N) is 2. The van der Waals surface area contributed by atoms with Crippen LogP contribution in [0.4, 0.5) is 9.18 Å². The first kappa shape index (κ1) is 23.6. The van der Waals surface area contributed by atoms with Crippen LogP contribution in [0.1, 0.15) is 12.0 Å². The maximum atomic E-state index is 12.9. The highest BCUT2D eigenvalue weighted by molar-refractivity contribution is 8.18. The molecule has 32 heavy (non-hydrogen) atoms. The van der Waals surface area contributed by atoms with Crippen LogP contribution < -0.4 is 10.0 Å². The minimum absolute atomic E-state index is 0.00381. The van der Waals surface area contributed by atoms with Gasteiger partial charge in [0.15, 0.2) is 0 Å². The zero-order chi connectivity index (χ0) is 23.1. The second-order valence-corrected chi connectivity index (χ2v) is 9.46. The van der Waals surface area contributed by atoms with Crippen molar-refractivity contribution in [1.82, 2.24) is 14.9 Å². The first-order valence-corrected chi connectivity index (χ1v) is 11.9. The fourth-order valence-electron chi connectivity index (χ4n) is 2.78. The molecule has 0 aromatic heterocycles. The van der Waals surface area contributed by atoms with Crippen LogP contribution in [-0.2, 0) is 19.6 Å². The van der Waals surface area contributed by atoms with Gasteiger partial charge in [-0.3, -0.25) is 19.3 Å². The van der Waals surface area contributed by atoms with E-state index in [1.165, 1.54) is 0 Å². The van der Waals surface area contributed by atoms with Crippen LogP contribution in [0.25, 0.3) is 6.08 Å². The molecule has 0 bridgehead atoms. The van der Waals surface area contributed by atoms with E-state index in [4.69, 9.17) is 0 Å². The smallest absolute Gasteiger partial charge is 0.293 e. The van der Waals surface area contributed by atoms with Crippen molar-refractivity contribution in [1.29, 1.82) is 0 Å². The van der Waals surface area contributed by atoms with E-state index in [1.54, 1.807) is 6.08 Å². The minimum atomic E-state index is -3.86. The number of halogens is 1. The summed E-state index contributed by atoms with van der Waals surface area (Å²) in [6.45, 7) is -0.114. The number of sulfonamides is 1. The van der Waals surface area contributed by atoms with Gasteiger partial charge in [0.1, 0.15) is 5.82 Å². The Hall–Kier alpha value is -3.02. The van der Waals surface area contributed by atoms with Gasteiger partial charge in [0, 0.05) is 26.1 Å². The summed E-state index contributed by atoms with van der Waals surface area (Å²) in [6.07, 6.45) is 1.49. The van der Waals surface area contributed by atoms with E-state index in [0.29, 0.717) is 4.91 Å². The lowest BCUT2D eigenvalue weighted by Crippen LogP contribution is -2.38. The Kier molecular flexibility index (Phi) is 7.78. The second kappa shape index (κ2) is 10.5. The SMILES string of the molecule is O=C(CCNS(=O)(=O)c1ccc(F)cc1)NCCN1C(=O)S/C(=C/c2ccccc2)C1=O. The summed E-state index contributed by atoms with van der Waals surface area (Å²) >= 11 is 0.837. The van der Waals surface area contributed by atoms with Gasteiger partial charge >= 0.3 is 0 Å². The number of amides is 3. The van der Waals surface area contributed by atoms with E-state index < -0.39 is 32.9 Å². The Morgan fingerprint density at radius 1 is 1.03 bits per heavy atom. The van der Waals surface area contributed by atoms with E-state index in [1.807, 2.05) is 30.3 Å². The molecule has 1 aliphatic heterocycles. The van der Waals surface area contributed by atoms with E-state index in [-0.39, 0.29) is 31.0 Å². The number of carbonyl (C=O) groups excluding carboxylic acids is 3. The molecule has 2 aromatic rings. The van der Waals surface area contributed by atoms with Crippen LogP contribution in [-0.4, -0.2) is 50.0 Å². The molecule has 0 atom stereocenters. The van der Waals surface area contributed by atoms with Crippen LogP contribution >= 0.6 is 11.8 Å². The van der Waals surface area contributed by atoms with Gasteiger partial charge in [0.2, 0.25) is 15.9 Å². The molecule has 2 N–H and O–H groups in total. The summed E-state index contributed by atoms with van der Waals surface area (Å²) in [5.41, 5.74) is 0.800. The number of hydrogen-bond acceptors (Lipinski definition) is 6. The lowest BCUT2D eigenvalue weighted by Gasteiger charge is -2.13. The first-order chi connectivity index (χ1) is 15.3. The van der Waals surface area contributed by atoms with Gasteiger partial charge in [0.25, 0.3) is 11.1 Å². The van der Waals surface area contributed by atoms with Crippen LogP contribution in [0.3, 0.4) is 0 Å². The van der Waals surface area contributed by atoms with Gasteiger partial charge in [-0.2, -0.15) is 0 Å². The van der Waals surface area contributed by atoms with Crippen LogP contribution in [0.2, 0.25) is 0 Å². The average molecular weight is 478 g/mol. The standard InChI is InChI=1S/C21H20FN3O5S2/c22-16-6-8-17(9-7-16)32(29,30)24-11-10-19(26)23-12-13-25-20(27)18(31-21(25)28)14-15-4-2-1-3-5-15/h1-9,14,24H,10-13H2,(H,23,26)/b18-14+. The van der Waals surface area contributed by atoms with Crippen molar-refractivity contribution in [2.45, 2.75) is 11.3 Å². The fourth-order valence-corrected chi connectivity index (χ4v) is 4.68. The second-order valence-electron chi connectivity index (χ2n) is 6.70. The average Bonchev–Trinajstić information content (AvgIpc) is 3.02. The maximum absolute atomic E-state index is 12.9. The third-order valence-corrected chi connectivity index (χ3v) is 6.78. The van der Waals surface area contributed by atoms with E-state index >= 15 is 0 Å². The summed E-state index contributed by atoms with van der Waals surface area (Å²) in [5, 5.41) is 2.13. The van der Waals surface area contributed by atoms with Crippen molar-refractivity contribution in [3.05, 3.63) is 70.9 Å². The quantitative estimate of drug-likeness (QED) is 0.536. The van der Waals surface area contributed by atoms with Gasteiger partial charge in [0.05, 0.1) is 9.80 Å². The van der Waals surface area contributed by atoms with Gasteiger partial charge in [-0.15, -0.1) is 0 Å². The highest BCUT2D eigenvalue weighted by atomic mass is 32.2. The predicted octanol–water partition coefficient (Wildman–Crippen LogP) is 2.35. The number of nitrogens with zero attached hydrogens (tertiary/aromatic N) is 1. The molecule has 2 aromatic carbocycles. The molecule has 168 valence electrons. The highest BCUT2D eigenvalue weighted by Crippen LogP contribution is 2.31. The molecule has 0 unspecified atom stereocenters. The Morgan fingerprint density at radius 2 is 1.72 bits per heavy atom. The molecular weight excluding hydrogens is 457 g/mol. The number of rotatable bonds is 9. The Balaban J connectivity index is 1.42. The number of benzene rings is 2. The number of imide groups is 1. The Labute approximate surface area is 188 Å². The van der Waals surface area contributed by atoms with Crippen molar-refractivity contribution >= 4 is 44.9 Å². The van der Waals surface area contributed by atoms with Gasteiger partial charge in [-0.1, -0.05) is 30.3 Å². The molecule has 0 aliphatic carbocycles. The van der Waals surface area contributed by atoms with Crippen molar-refractivity contribution < 1.29 is 27.2 Å². The molecule has 1 fully saturated rings. The monoisotopic (exact) mass is 477 g/mol. The number of thioether (sulfide) groups is 1. The first-order valence-electron chi connectivity index (χ1n) is 9.58. The molecule has 0 saturated carbocycles.